The smallest absolute Gasteiger partial charge is 0.181 e. The van der Waals surface area contributed by atoms with Gasteiger partial charge in [0.25, 0.3) is 0 Å². The number of hydrogen-bond donors (Lipinski definition) is 0. The van der Waals surface area contributed by atoms with Crippen LogP contribution in [0.4, 0.5) is 0 Å². The summed E-state index contributed by atoms with van der Waals surface area (Å²) < 4.78 is 9.42. The maximum atomic E-state index is 4.79. The van der Waals surface area contributed by atoms with Crippen LogP contribution in [0.5, 0.6) is 0 Å². The normalized spacial score (nSPS) is 11.9. The molecule has 4 aromatic heterocycles. The average molecular weight is 499 g/mol. The van der Waals surface area contributed by atoms with E-state index in [9.17, 15) is 0 Å². The molecule has 0 spiro atoms. The minimum absolute atomic E-state index is 0.822. The zero-order valence-corrected chi connectivity index (χ0v) is 20.6. The van der Waals surface area contributed by atoms with Gasteiger partial charge in [-0.3, -0.25) is 9.13 Å². The predicted molar refractivity (Wildman–Crippen MR) is 152 cm³/mol. The first-order valence-electron chi connectivity index (χ1n) is 11.8. The number of thiophene rings is 2. The summed E-state index contributed by atoms with van der Waals surface area (Å²) in [7, 11) is 0. The van der Waals surface area contributed by atoms with E-state index >= 15 is 0 Å². The van der Waals surface area contributed by atoms with E-state index in [4.69, 9.17) is 9.97 Å². The molecule has 0 bridgehead atoms. The highest BCUT2D eigenvalue weighted by Crippen LogP contribution is 2.40. The molecule has 0 aliphatic rings. The fourth-order valence-electron chi connectivity index (χ4n) is 5.17. The molecule has 8 aromatic rings. The maximum Gasteiger partial charge on any atom is 0.181 e. The Bertz CT molecular complexity index is 1920. The van der Waals surface area contributed by atoms with Crippen molar-refractivity contribution in [1.29, 1.82) is 0 Å². The highest BCUT2D eigenvalue weighted by Gasteiger charge is 2.19. The lowest BCUT2D eigenvalue weighted by Crippen LogP contribution is -2.03. The van der Waals surface area contributed by atoms with Gasteiger partial charge in [-0.2, -0.15) is 0 Å². The molecule has 6 heteroatoms. The molecule has 0 radical (unpaired) electrons. The molecule has 170 valence electrons. The molecule has 0 saturated carbocycles. The van der Waals surface area contributed by atoms with E-state index < -0.39 is 0 Å². The van der Waals surface area contributed by atoms with Crippen molar-refractivity contribution in [2.24, 2.45) is 0 Å². The lowest BCUT2D eigenvalue weighted by Gasteiger charge is -2.12. The van der Waals surface area contributed by atoms with E-state index in [-0.39, 0.29) is 0 Å². The highest BCUT2D eigenvalue weighted by atomic mass is 32.1. The summed E-state index contributed by atoms with van der Waals surface area (Å²) in [5, 5.41) is 5.12. The molecule has 0 N–H and O–H groups in total. The largest absolute Gasteiger partial charge is 0.296 e. The topological polar surface area (TPSA) is 35.6 Å². The molecule has 8 rings (SSSR count). The van der Waals surface area contributed by atoms with Crippen LogP contribution in [0.1, 0.15) is 0 Å². The molecule has 4 heterocycles. The van der Waals surface area contributed by atoms with Gasteiger partial charge < -0.3 is 0 Å². The van der Waals surface area contributed by atoms with Crippen LogP contribution < -0.4 is 0 Å². The molecular weight excluding hydrogens is 480 g/mol. The second-order valence-electron chi connectivity index (χ2n) is 8.75. The third kappa shape index (κ3) is 2.80. The quantitative estimate of drug-likeness (QED) is 0.245. The van der Waals surface area contributed by atoms with Crippen LogP contribution in [0, 0.1) is 0 Å². The van der Waals surface area contributed by atoms with Gasteiger partial charge in [0.1, 0.15) is 0 Å². The summed E-state index contributed by atoms with van der Waals surface area (Å²) >= 11 is 3.65. The molecule has 0 amide bonds. The van der Waals surface area contributed by atoms with Crippen LogP contribution in [-0.2, 0) is 0 Å². The lowest BCUT2D eigenvalue weighted by atomic mass is 10.1. The van der Waals surface area contributed by atoms with E-state index in [1.54, 1.807) is 0 Å². The number of nitrogens with zero attached hydrogens (tertiary/aromatic N) is 4. The summed E-state index contributed by atoms with van der Waals surface area (Å²) in [4.78, 5) is 9.58. The Morgan fingerprint density at radius 2 is 0.917 bits per heavy atom. The van der Waals surface area contributed by atoms with Crippen LogP contribution in [-0.4, -0.2) is 19.1 Å². The molecule has 4 nitrogen and oxygen atoms in total. The Morgan fingerprint density at radius 1 is 0.472 bits per heavy atom. The zero-order chi connectivity index (χ0) is 23.6. The Balaban J connectivity index is 1.35. The van der Waals surface area contributed by atoms with E-state index in [0.29, 0.717) is 0 Å². The molecule has 0 atom stereocenters. The first kappa shape index (κ1) is 20.0. The number of imidazole rings is 2. The Hall–Kier alpha value is -4.26. The number of hydrogen-bond acceptors (Lipinski definition) is 4. The van der Waals surface area contributed by atoms with Crippen LogP contribution in [0.25, 0.3) is 63.4 Å². The number of benzene rings is 4. The second kappa shape index (κ2) is 7.62. The maximum absolute atomic E-state index is 4.79. The highest BCUT2D eigenvalue weighted by molar-refractivity contribution is 7.26. The summed E-state index contributed by atoms with van der Waals surface area (Å²) in [5.74, 6) is 1.64. The first-order valence-corrected chi connectivity index (χ1v) is 13.4. The molecule has 36 heavy (non-hydrogen) atoms. The van der Waals surface area contributed by atoms with Crippen molar-refractivity contribution in [3.05, 3.63) is 110 Å². The molecule has 0 aliphatic heterocycles. The fraction of sp³-hybridized carbons (Fsp3) is 0. The van der Waals surface area contributed by atoms with E-state index in [0.717, 1.165) is 23.0 Å². The Labute approximate surface area is 214 Å². The third-order valence-corrected chi connectivity index (χ3v) is 9.19. The van der Waals surface area contributed by atoms with Crippen molar-refractivity contribution in [2.75, 3.05) is 0 Å². The summed E-state index contributed by atoms with van der Waals surface area (Å²) in [5.41, 5.74) is 2.24. The fourth-order valence-corrected chi connectivity index (χ4v) is 7.60. The van der Waals surface area contributed by atoms with Gasteiger partial charge in [-0.25, -0.2) is 9.97 Å². The number of rotatable bonds is 3. The Morgan fingerprint density at radius 3 is 1.42 bits per heavy atom. The Kier molecular flexibility index (Phi) is 4.23. The first-order chi connectivity index (χ1) is 17.9. The van der Waals surface area contributed by atoms with Crippen molar-refractivity contribution >= 4 is 63.0 Å². The SMILES string of the molecule is c1ccc2c(c1)sc1c(-n3ccnc3-c3nccn3-c3cccc4c3sc3ccccc34)cccc12. The molecular formula is C30H18N4S2. The molecule has 4 aromatic carbocycles. The van der Waals surface area contributed by atoms with Gasteiger partial charge in [0, 0.05) is 55.7 Å². The summed E-state index contributed by atoms with van der Waals surface area (Å²) in [6.45, 7) is 0. The standard InChI is InChI=1S/C30H18N4S2/c1-3-13-25-19(7-1)21-9-5-11-23(27(21)35-25)33-17-15-31-29(33)30-32-16-18-34(30)24-12-6-10-22-20-8-2-4-14-26(20)36-28(22)24/h1-18H. The molecule has 0 saturated heterocycles. The van der Waals surface area contributed by atoms with Crippen molar-refractivity contribution < 1.29 is 0 Å². The lowest BCUT2D eigenvalue weighted by molar-refractivity contribution is 0.999. The van der Waals surface area contributed by atoms with Gasteiger partial charge in [-0.1, -0.05) is 60.7 Å². The van der Waals surface area contributed by atoms with Crippen molar-refractivity contribution in [1.82, 2.24) is 19.1 Å². The van der Waals surface area contributed by atoms with Crippen molar-refractivity contribution in [3.63, 3.8) is 0 Å². The zero-order valence-electron chi connectivity index (χ0n) is 19.0. The second-order valence-corrected chi connectivity index (χ2v) is 10.9. The van der Waals surface area contributed by atoms with Crippen LogP contribution in [0.3, 0.4) is 0 Å². The summed E-state index contributed by atoms with van der Waals surface area (Å²) in [6.07, 6.45) is 7.79. The summed E-state index contributed by atoms with van der Waals surface area (Å²) in [6, 6.07) is 30.2. The molecule has 0 fully saturated rings. The van der Waals surface area contributed by atoms with E-state index in [2.05, 4.69) is 94.1 Å². The van der Waals surface area contributed by atoms with E-state index in [1.165, 1.54) is 40.3 Å². The van der Waals surface area contributed by atoms with Gasteiger partial charge in [-0.05, 0) is 24.3 Å². The van der Waals surface area contributed by atoms with Crippen molar-refractivity contribution in [3.8, 4) is 23.0 Å². The number of aromatic nitrogens is 4. The predicted octanol–water partition coefficient (Wildman–Crippen LogP) is 8.46. The minimum Gasteiger partial charge on any atom is -0.296 e. The van der Waals surface area contributed by atoms with Gasteiger partial charge >= 0.3 is 0 Å². The van der Waals surface area contributed by atoms with Crippen LogP contribution >= 0.6 is 22.7 Å². The van der Waals surface area contributed by atoms with Gasteiger partial charge in [-0.15, -0.1) is 22.7 Å². The van der Waals surface area contributed by atoms with Crippen LogP contribution in [0.2, 0.25) is 0 Å². The van der Waals surface area contributed by atoms with Gasteiger partial charge in [0.05, 0.1) is 20.8 Å². The minimum atomic E-state index is 0.822. The van der Waals surface area contributed by atoms with Gasteiger partial charge in [0.15, 0.2) is 11.6 Å². The van der Waals surface area contributed by atoms with E-state index in [1.807, 2.05) is 47.5 Å². The molecule has 0 aliphatic carbocycles. The third-order valence-electron chi connectivity index (χ3n) is 6.77. The van der Waals surface area contributed by atoms with Crippen molar-refractivity contribution in [2.45, 2.75) is 0 Å². The van der Waals surface area contributed by atoms with Crippen LogP contribution in [0.15, 0.2) is 110 Å². The monoisotopic (exact) mass is 498 g/mol. The average Bonchev–Trinajstić information content (AvgIpc) is 3.71. The number of fused-ring (bicyclic) bond motifs is 6. The molecule has 0 unspecified atom stereocenters. The van der Waals surface area contributed by atoms with Gasteiger partial charge in [0.2, 0.25) is 0 Å².